The maximum absolute atomic E-state index is 5.76. The molecule has 1 aromatic rings. The Hall–Kier alpha value is -0.620. The molecule has 1 heterocycles. The highest BCUT2D eigenvalue weighted by Crippen LogP contribution is 2.21. The molecule has 1 aliphatic heterocycles. The van der Waals surface area contributed by atoms with Crippen LogP contribution >= 0.6 is 24.0 Å². The topological polar surface area (TPSA) is 31.0 Å². The summed E-state index contributed by atoms with van der Waals surface area (Å²) in [6.07, 6.45) is 1.22. The fourth-order valence-corrected chi connectivity index (χ4v) is 3.24. The lowest BCUT2D eigenvalue weighted by Crippen LogP contribution is -2.20. The number of rotatable bonds is 9. The van der Waals surface area contributed by atoms with Crippen molar-refractivity contribution in [3.8, 4) is 0 Å². The normalized spacial score (nSPS) is 18.2. The van der Waals surface area contributed by atoms with E-state index >= 15 is 0 Å². The largest absolute Gasteiger partial charge is 0.478 e. The van der Waals surface area contributed by atoms with Crippen molar-refractivity contribution in [1.82, 2.24) is 0 Å². The molecule has 1 aliphatic rings. The van der Waals surface area contributed by atoms with Gasteiger partial charge in [0.2, 0.25) is 4.38 Å². The van der Waals surface area contributed by atoms with Gasteiger partial charge in [-0.25, -0.2) is 0 Å². The third-order valence-corrected chi connectivity index (χ3v) is 4.47. The lowest BCUT2D eigenvalue weighted by molar-refractivity contribution is 0.117. The van der Waals surface area contributed by atoms with Crippen molar-refractivity contribution in [3.05, 3.63) is 35.9 Å². The van der Waals surface area contributed by atoms with E-state index in [1.54, 1.807) is 11.8 Å². The van der Waals surface area contributed by atoms with Crippen molar-refractivity contribution < 1.29 is 14.2 Å². The highest BCUT2D eigenvalue weighted by Gasteiger charge is 2.23. The molecule has 0 N–H and O–H groups in total. The summed E-state index contributed by atoms with van der Waals surface area (Å²) in [5, 5.41) is 0.265. The first-order valence-corrected chi connectivity index (χ1v) is 8.99. The predicted octanol–water partition coefficient (Wildman–Crippen LogP) is 3.70. The van der Waals surface area contributed by atoms with Crippen molar-refractivity contribution in [1.29, 1.82) is 0 Å². The molecule has 3 nitrogen and oxygen atoms in total. The van der Waals surface area contributed by atoms with E-state index in [0.29, 0.717) is 36.2 Å². The van der Waals surface area contributed by atoms with Gasteiger partial charge in [0.1, 0.15) is 6.10 Å². The number of epoxide rings is 1. The van der Waals surface area contributed by atoms with E-state index in [-0.39, 0.29) is 5.25 Å². The monoisotopic (exact) mass is 340 g/mol. The summed E-state index contributed by atoms with van der Waals surface area (Å²) < 4.78 is 17.2. The molecule has 0 radical (unpaired) electrons. The Bertz CT molecular complexity index is 446. The van der Waals surface area contributed by atoms with Crippen LogP contribution in [0.15, 0.2) is 30.3 Å². The van der Waals surface area contributed by atoms with Crippen LogP contribution in [-0.4, -0.2) is 42.2 Å². The fourth-order valence-electron chi connectivity index (χ4n) is 1.91. The minimum Gasteiger partial charge on any atom is -0.478 e. The van der Waals surface area contributed by atoms with Gasteiger partial charge in [-0.3, -0.25) is 0 Å². The second-order valence-electron chi connectivity index (χ2n) is 5.88. The molecule has 0 bridgehead atoms. The molecule has 22 heavy (non-hydrogen) atoms. The fraction of sp³-hybridized carbons (Fsp3) is 0.588. The highest BCUT2D eigenvalue weighted by atomic mass is 32.2. The van der Waals surface area contributed by atoms with E-state index < -0.39 is 0 Å². The average Bonchev–Trinajstić information content (AvgIpc) is 3.30. The van der Waals surface area contributed by atoms with Gasteiger partial charge in [-0.05, 0) is 30.1 Å². The predicted molar refractivity (Wildman–Crippen MR) is 95.5 cm³/mol. The van der Waals surface area contributed by atoms with Crippen molar-refractivity contribution in [3.63, 3.8) is 0 Å². The summed E-state index contributed by atoms with van der Waals surface area (Å²) in [5.41, 5.74) is 1.29. The molecule has 0 spiro atoms. The van der Waals surface area contributed by atoms with Crippen molar-refractivity contribution in [2.75, 3.05) is 26.4 Å². The molecule has 0 saturated carbocycles. The van der Waals surface area contributed by atoms with Crippen molar-refractivity contribution in [2.45, 2.75) is 31.6 Å². The van der Waals surface area contributed by atoms with Gasteiger partial charge in [0.15, 0.2) is 0 Å². The SMILES string of the molecule is CC(C)COC(=S)SC(COCC1CO1)Cc1ccccc1. The van der Waals surface area contributed by atoms with Crippen molar-refractivity contribution in [2.24, 2.45) is 5.92 Å². The first-order chi connectivity index (χ1) is 10.6. The Morgan fingerprint density at radius 2 is 2.05 bits per heavy atom. The first-order valence-electron chi connectivity index (χ1n) is 7.70. The van der Waals surface area contributed by atoms with Gasteiger partial charge in [0, 0.05) is 5.25 Å². The maximum Gasteiger partial charge on any atom is 0.220 e. The lowest BCUT2D eigenvalue weighted by atomic mass is 10.1. The van der Waals surface area contributed by atoms with Crippen LogP contribution in [0, 0.1) is 5.92 Å². The zero-order valence-electron chi connectivity index (χ0n) is 13.2. The lowest BCUT2D eigenvalue weighted by Gasteiger charge is -2.18. The van der Waals surface area contributed by atoms with Crippen LogP contribution < -0.4 is 0 Å². The Balaban J connectivity index is 1.80. The van der Waals surface area contributed by atoms with Gasteiger partial charge in [-0.15, -0.1) is 0 Å². The number of ether oxygens (including phenoxy) is 3. The number of hydrogen-bond acceptors (Lipinski definition) is 5. The molecule has 2 rings (SSSR count). The maximum atomic E-state index is 5.76. The molecule has 0 aliphatic carbocycles. The third kappa shape index (κ3) is 7.58. The minimum absolute atomic E-state index is 0.265. The molecule has 0 amide bonds. The Kier molecular flexibility index (Phi) is 7.66. The highest BCUT2D eigenvalue weighted by molar-refractivity contribution is 8.23. The molecule has 1 aromatic carbocycles. The van der Waals surface area contributed by atoms with Crippen LogP contribution in [0.1, 0.15) is 19.4 Å². The first kappa shape index (κ1) is 17.7. The van der Waals surface area contributed by atoms with Gasteiger partial charge in [0.25, 0.3) is 0 Å². The zero-order chi connectivity index (χ0) is 15.8. The molecular formula is C17H24O3S2. The molecule has 1 fully saturated rings. The molecule has 1 saturated heterocycles. The minimum atomic E-state index is 0.265. The molecule has 2 unspecified atom stereocenters. The molecule has 2 atom stereocenters. The Morgan fingerprint density at radius 3 is 2.68 bits per heavy atom. The molecule has 5 heteroatoms. The second-order valence-corrected chi connectivity index (χ2v) is 7.78. The van der Waals surface area contributed by atoms with Crippen LogP contribution in [0.4, 0.5) is 0 Å². The Labute approximate surface area is 142 Å². The molecular weight excluding hydrogens is 316 g/mol. The van der Waals surface area contributed by atoms with Crippen molar-refractivity contribution >= 4 is 28.4 Å². The van der Waals surface area contributed by atoms with Gasteiger partial charge in [0.05, 0.1) is 26.4 Å². The van der Waals surface area contributed by atoms with Crippen LogP contribution in [0.5, 0.6) is 0 Å². The van der Waals surface area contributed by atoms with E-state index in [0.717, 1.165) is 13.0 Å². The summed E-state index contributed by atoms with van der Waals surface area (Å²) >= 11 is 6.94. The quantitative estimate of drug-likeness (QED) is 0.505. The van der Waals surface area contributed by atoms with E-state index in [1.165, 1.54) is 5.56 Å². The summed E-state index contributed by atoms with van der Waals surface area (Å²) in [6.45, 7) is 7.06. The van der Waals surface area contributed by atoms with Gasteiger partial charge in [-0.2, -0.15) is 0 Å². The Morgan fingerprint density at radius 1 is 1.32 bits per heavy atom. The van der Waals surface area contributed by atoms with Crippen LogP contribution in [0.2, 0.25) is 0 Å². The summed E-state index contributed by atoms with van der Waals surface area (Å²) in [5.74, 6) is 0.481. The number of thiocarbonyl (C=S) groups is 1. The molecule has 0 aromatic heterocycles. The van der Waals surface area contributed by atoms with E-state index in [1.807, 2.05) is 6.07 Å². The van der Waals surface area contributed by atoms with Crippen LogP contribution in [0.25, 0.3) is 0 Å². The number of benzene rings is 1. The average molecular weight is 341 g/mol. The molecule has 122 valence electrons. The summed E-state index contributed by atoms with van der Waals surface area (Å²) in [6, 6.07) is 10.4. The summed E-state index contributed by atoms with van der Waals surface area (Å²) in [4.78, 5) is 0. The van der Waals surface area contributed by atoms with Crippen LogP contribution in [0.3, 0.4) is 0 Å². The number of thioether (sulfide) groups is 1. The zero-order valence-corrected chi connectivity index (χ0v) is 14.8. The number of hydrogen-bond donors (Lipinski definition) is 0. The van der Waals surface area contributed by atoms with Crippen LogP contribution in [-0.2, 0) is 20.6 Å². The summed E-state index contributed by atoms with van der Waals surface area (Å²) in [7, 11) is 0. The van der Waals surface area contributed by atoms with Gasteiger partial charge < -0.3 is 14.2 Å². The van der Waals surface area contributed by atoms with E-state index in [9.17, 15) is 0 Å². The van der Waals surface area contributed by atoms with Gasteiger partial charge in [-0.1, -0.05) is 55.9 Å². The second kappa shape index (κ2) is 9.50. The third-order valence-electron chi connectivity index (χ3n) is 3.11. The van der Waals surface area contributed by atoms with E-state index in [2.05, 4.69) is 38.1 Å². The smallest absolute Gasteiger partial charge is 0.220 e. The van der Waals surface area contributed by atoms with E-state index in [4.69, 9.17) is 26.4 Å². The van der Waals surface area contributed by atoms with Gasteiger partial charge >= 0.3 is 0 Å². The standard InChI is InChI=1S/C17H24O3S2/c1-13(2)9-20-17(21)22-16(12-18-10-15-11-19-15)8-14-6-4-3-5-7-14/h3-7,13,15-16H,8-12H2,1-2H3.